The molecule has 1 amide bonds. The van der Waals surface area contributed by atoms with Crippen molar-refractivity contribution in [3.05, 3.63) is 35.9 Å². The average molecular weight is 289 g/mol. The normalized spacial score (nSPS) is 16.9. The van der Waals surface area contributed by atoms with Crippen molar-refractivity contribution in [3.8, 4) is 0 Å². The molecule has 1 aromatic carbocycles. The van der Waals surface area contributed by atoms with Crippen molar-refractivity contribution in [2.24, 2.45) is 0 Å². The number of benzene rings is 1. The molecule has 0 bridgehead atoms. The largest absolute Gasteiger partial charge is 0.481 e. The maximum absolute atomic E-state index is 12.7. The number of carboxylic acid groups (broad SMARTS) is 1. The van der Waals surface area contributed by atoms with Crippen LogP contribution in [-0.2, 0) is 15.0 Å². The van der Waals surface area contributed by atoms with Crippen molar-refractivity contribution in [1.82, 2.24) is 5.32 Å². The van der Waals surface area contributed by atoms with E-state index in [0.29, 0.717) is 6.42 Å². The highest BCUT2D eigenvalue weighted by Gasteiger charge is 2.46. The van der Waals surface area contributed by atoms with Crippen LogP contribution in [-0.4, -0.2) is 22.5 Å². The van der Waals surface area contributed by atoms with Gasteiger partial charge in [0.2, 0.25) is 5.91 Å². The Morgan fingerprint density at radius 3 is 2.33 bits per heavy atom. The lowest BCUT2D eigenvalue weighted by atomic mass is 9.63. The first-order chi connectivity index (χ1) is 9.86. The number of aliphatic carboxylic acids is 1. The summed E-state index contributed by atoms with van der Waals surface area (Å²) >= 11 is 0. The van der Waals surface area contributed by atoms with Crippen molar-refractivity contribution in [1.29, 1.82) is 0 Å². The molecule has 2 rings (SSSR count). The van der Waals surface area contributed by atoms with Crippen molar-refractivity contribution >= 4 is 11.9 Å². The fourth-order valence-electron chi connectivity index (χ4n) is 2.84. The van der Waals surface area contributed by atoms with E-state index in [9.17, 15) is 9.59 Å². The quantitative estimate of drug-likeness (QED) is 0.846. The second kappa shape index (κ2) is 5.88. The third-order valence-electron chi connectivity index (χ3n) is 4.38. The van der Waals surface area contributed by atoms with Crippen LogP contribution in [0.25, 0.3) is 0 Å². The zero-order valence-electron chi connectivity index (χ0n) is 12.7. The molecule has 1 aliphatic rings. The summed E-state index contributed by atoms with van der Waals surface area (Å²) in [4.78, 5) is 23.5. The van der Waals surface area contributed by atoms with E-state index in [0.717, 1.165) is 24.8 Å². The van der Waals surface area contributed by atoms with Gasteiger partial charge in [0.25, 0.3) is 0 Å². The first-order valence-corrected chi connectivity index (χ1v) is 7.46. The van der Waals surface area contributed by atoms with Gasteiger partial charge in [0, 0.05) is 12.0 Å². The van der Waals surface area contributed by atoms with Gasteiger partial charge >= 0.3 is 5.97 Å². The van der Waals surface area contributed by atoms with Gasteiger partial charge < -0.3 is 10.4 Å². The summed E-state index contributed by atoms with van der Waals surface area (Å²) < 4.78 is 0. The van der Waals surface area contributed by atoms with Crippen molar-refractivity contribution in [3.63, 3.8) is 0 Å². The van der Waals surface area contributed by atoms with Crippen LogP contribution < -0.4 is 5.32 Å². The molecule has 0 spiro atoms. The Kier molecular flexibility index (Phi) is 4.35. The SMILES string of the molecule is CC(C)(CCC(=O)O)NC(=O)C1(c2ccccc2)CCC1. The minimum atomic E-state index is -0.834. The number of nitrogens with one attached hydrogen (secondary N) is 1. The predicted octanol–water partition coefficient (Wildman–Crippen LogP) is 2.87. The van der Waals surface area contributed by atoms with Gasteiger partial charge in [0.1, 0.15) is 0 Å². The van der Waals surface area contributed by atoms with Crippen LogP contribution in [0.15, 0.2) is 30.3 Å². The molecule has 114 valence electrons. The molecule has 0 radical (unpaired) electrons. The van der Waals surface area contributed by atoms with Crippen LogP contribution in [0.4, 0.5) is 0 Å². The first-order valence-electron chi connectivity index (χ1n) is 7.46. The Hall–Kier alpha value is -1.84. The van der Waals surface area contributed by atoms with Crippen LogP contribution in [0, 0.1) is 0 Å². The predicted molar refractivity (Wildman–Crippen MR) is 81.1 cm³/mol. The molecule has 0 heterocycles. The zero-order valence-corrected chi connectivity index (χ0v) is 12.7. The van der Waals surface area contributed by atoms with Crippen LogP contribution >= 0.6 is 0 Å². The Morgan fingerprint density at radius 1 is 1.24 bits per heavy atom. The number of hydrogen-bond donors (Lipinski definition) is 2. The smallest absolute Gasteiger partial charge is 0.303 e. The van der Waals surface area contributed by atoms with Gasteiger partial charge in [-0.15, -0.1) is 0 Å². The van der Waals surface area contributed by atoms with Gasteiger partial charge in [-0.1, -0.05) is 36.8 Å². The van der Waals surface area contributed by atoms with Crippen LogP contribution in [0.1, 0.15) is 51.5 Å². The third-order valence-corrected chi connectivity index (χ3v) is 4.38. The van der Waals surface area contributed by atoms with E-state index in [2.05, 4.69) is 5.32 Å². The molecular formula is C17H23NO3. The van der Waals surface area contributed by atoms with Crippen LogP contribution in [0.5, 0.6) is 0 Å². The van der Waals surface area contributed by atoms with E-state index >= 15 is 0 Å². The van der Waals surface area contributed by atoms with Crippen LogP contribution in [0.2, 0.25) is 0 Å². The zero-order chi connectivity index (χ0) is 15.5. The van der Waals surface area contributed by atoms with Crippen molar-refractivity contribution in [2.75, 3.05) is 0 Å². The van der Waals surface area contributed by atoms with E-state index in [4.69, 9.17) is 5.11 Å². The molecule has 1 saturated carbocycles. The molecule has 21 heavy (non-hydrogen) atoms. The molecule has 1 fully saturated rings. The van der Waals surface area contributed by atoms with Crippen molar-refractivity contribution < 1.29 is 14.7 Å². The molecule has 0 atom stereocenters. The van der Waals surface area contributed by atoms with E-state index in [1.54, 1.807) is 0 Å². The molecule has 0 aromatic heterocycles. The van der Waals surface area contributed by atoms with E-state index in [-0.39, 0.29) is 12.3 Å². The van der Waals surface area contributed by atoms with Crippen LogP contribution in [0.3, 0.4) is 0 Å². The molecule has 2 N–H and O–H groups in total. The summed E-state index contributed by atoms with van der Waals surface area (Å²) in [6.45, 7) is 3.76. The highest BCUT2D eigenvalue weighted by molar-refractivity contribution is 5.89. The third kappa shape index (κ3) is 3.43. The lowest BCUT2D eigenvalue weighted by Gasteiger charge is -2.43. The summed E-state index contributed by atoms with van der Waals surface area (Å²) in [7, 11) is 0. The standard InChI is InChI=1S/C17H23NO3/c1-16(2,12-9-14(19)20)18-15(21)17(10-6-11-17)13-7-4-3-5-8-13/h3-5,7-8H,6,9-12H2,1-2H3,(H,18,21)(H,19,20). The average Bonchev–Trinajstić information content (AvgIpc) is 2.36. The number of carbonyl (C=O) groups excluding carboxylic acids is 1. The summed E-state index contributed by atoms with van der Waals surface area (Å²) in [6, 6.07) is 9.87. The Bertz CT molecular complexity index is 518. The van der Waals surface area contributed by atoms with E-state index < -0.39 is 16.9 Å². The highest BCUT2D eigenvalue weighted by Crippen LogP contribution is 2.44. The van der Waals surface area contributed by atoms with Gasteiger partial charge in [-0.25, -0.2) is 0 Å². The number of amides is 1. The molecule has 0 saturated heterocycles. The fourth-order valence-corrected chi connectivity index (χ4v) is 2.84. The van der Waals surface area contributed by atoms with Gasteiger partial charge in [-0.3, -0.25) is 9.59 Å². The maximum atomic E-state index is 12.7. The molecule has 0 unspecified atom stereocenters. The fraction of sp³-hybridized carbons (Fsp3) is 0.529. The second-order valence-electron chi connectivity index (χ2n) is 6.53. The molecule has 1 aromatic rings. The number of rotatable bonds is 6. The molecular weight excluding hydrogens is 266 g/mol. The lowest BCUT2D eigenvalue weighted by molar-refractivity contribution is -0.138. The summed E-state index contributed by atoms with van der Waals surface area (Å²) in [5.41, 5.74) is 0.122. The Labute approximate surface area is 125 Å². The second-order valence-corrected chi connectivity index (χ2v) is 6.53. The molecule has 4 nitrogen and oxygen atoms in total. The topological polar surface area (TPSA) is 66.4 Å². The maximum Gasteiger partial charge on any atom is 0.303 e. The van der Waals surface area contributed by atoms with Crippen molar-refractivity contribution in [2.45, 2.75) is 56.9 Å². The minimum absolute atomic E-state index is 0.0235. The number of hydrogen-bond acceptors (Lipinski definition) is 2. The Balaban J connectivity index is 2.09. The number of carboxylic acids is 1. The van der Waals surface area contributed by atoms with Gasteiger partial charge in [0.15, 0.2) is 0 Å². The van der Waals surface area contributed by atoms with Gasteiger partial charge in [-0.05, 0) is 38.7 Å². The van der Waals surface area contributed by atoms with E-state index in [1.807, 2.05) is 44.2 Å². The van der Waals surface area contributed by atoms with Gasteiger partial charge in [0.05, 0.1) is 5.41 Å². The lowest BCUT2D eigenvalue weighted by Crippen LogP contribution is -2.55. The minimum Gasteiger partial charge on any atom is -0.481 e. The molecule has 4 heteroatoms. The highest BCUT2D eigenvalue weighted by atomic mass is 16.4. The molecule has 1 aliphatic carbocycles. The summed E-state index contributed by atoms with van der Waals surface area (Å²) in [5.74, 6) is -0.811. The summed E-state index contributed by atoms with van der Waals surface area (Å²) in [5, 5.41) is 11.8. The van der Waals surface area contributed by atoms with E-state index in [1.165, 1.54) is 0 Å². The molecule has 0 aliphatic heterocycles. The van der Waals surface area contributed by atoms with Gasteiger partial charge in [-0.2, -0.15) is 0 Å². The summed E-state index contributed by atoms with van der Waals surface area (Å²) in [6.07, 6.45) is 3.26. The number of carbonyl (C=O) groups is 2. The monoisotopic (exact) mass is 289 g/mol. The first kappa shape index (κ1) is 15.5. The Morgan fingerprint density at radius 2 is 1.86 bits per heavy atom.